The van der Waals surface area contributed by atoms with E-state index in [1.165, 1.54) is 11.1 Å². The molecule has 1 atom stereocenters. The Balaban J connectivity index is 2.49. The summed E-state index contributed by atoms with van der Waals surface area (Å²) in [6, 6.07) is 8.22. The minimum absolute atomic E-state index is 0.0345. The molecule has 0 bridgehead atoms. The molecule has 0 radical (unpaired) electrons. The molecule has 0 fully saturated rings. The first-order chi connectivity index (χ1) is 6.22. The van der Waals surface area contributed by atoms with Crippen LogP contribution in [0.4, 0.5) is 0 Å². The molecule has 0 aliphatic heterocycles. The number of nitrogens with one attached hydrogen (secondary N) is 1. The average molecular weight is 180 g/mol. The van der Waals surface area contributed by atoms with Crippen LogP contribution in [-0.4, -0.2) is 17.8 Å². The van der Waals surface area contributed by atoms with Gasteiger partial charge in [-0.15, -0.1) is 0 Å². The van der Waals surface area contributed by atoms with Crippen LogP contribution in [0.3, 0.4) is 0 Å². The van der Waals surface area contributed by atoms with Gasteiger partial charge in [-0.25, -0.2) is 5.48 Å². The Morgan fingerprint density at radius 2 is 2.00 bits per heavy atom. The van der Waals surface area contributed by atoms with Crippen LogP contribution in [0.25, 0.3) is 0 Å². The molecule has 0 aromatic heterocycles. The SMILES string of the molecule is Cc1ccc(CC(N)CNO)cc1. The van der Waals surface area contributed by atoms with Crippen molar-refractivity contribution in [2.45, 2.75) is 19.4 Å². The van der Waals surface area contributed by atoms with Crippen molar-refractivity contribution in [2.75, 3.05) is 6.54 Å². The molecule has 0 aliphatic carbocycles. The molecule has 0 saturated carbocycles. The first kappa shape index (κ1) is 10.2. The fourth-order valence-electron chi connectivity index (χ4n) is 1.22. The smallest absolute Gasteiger partial charge is 0.0362 e. The lowest BCUT2D eigenvalue weighted by Gasteiger charge is -2.09. The summed E-state index contributed by atoms with van der Waals surface area (Å²) in [6.45, 7) is 2.48. The van der Waals surface area contributed by atoms with Crippen LogP contribution in [-0.2, 0) is 6.42 Å². The number of aryl methyl sites for hydroxylation is 1. The quantitative estimate of drug-likeness (QED) is 0.602. The minimum Gasteiger partial charge on any atom is -0.326 e. The molecule has 3 heteroatoms. The van der Waals surface area contributed by atoms with Crippen LogP contribution in [0, 0.1) is 6.92 Å². The molecule has 0 aliphatic rings. The summed E-state index contributed by atoms with van der Waals surface area (Å²) in [5.74, 6) is 0. The second-order valence-electron chi connectivity index (χ2n) is 3.31. The molecule has 4 N–H and O–H groups in total. The van der Waals surface area contributed by atoms with E-state index in [0.717, 1.165) is 6.42 Å². The summed E-state index contributed by atoms with van der Waals surface area (Å²) >= 11 is 0. The van der Waals surface area contributed by atoms with Gasteiger partial charge in [0.2, 0.25) is 0 Å². The summed E-state index contributed by atoms with van der Waals surface area (Å²) in [5, 5.41) is 8.43. The van der Waals surface area contributed by atoms with E-state index in [2.05, 4.69) is 36.7 Å². The van der Waals surface area contributed by atoms with Gasteiger partial charge in [-0.3, -0.25) is 0 Å². The fourth-order valence-corrected chi connectivity index (χ4v) is 1.22. The van der Waals surface area contributed by atoms with E-state index in [0.29, 0.717) is 6.54 Å². The van der Waals surface area contributed by atoms with Gasteiger partial charge in [-0.1, -0.05) is 29.8 Å². The van der Waals surface area contributed by atoms with Crippen molar-refractivity contribution in [3.05, 3.63) is 35.4 Å². The van der Waals surface area contributed by atoms with E-state index in [-0.39, 0.29) is 6.04 Å². The lowest BCUT2D eigenvalue weighted by molar-refractivity contribution is 0.160. The van der Waals surface area contributed by atoms with Gasteiger partial charge in [0.15, 0.2) is 0 Å². The maximum absolute atomic E-state index is 8.43. The molecule has 13 heavy (non-hydrogen) atoms. The predicted octanol–water partition coefficient (Wildman–Crippen LogP) is 0.844. The zero-order valence-electron chi connectivity index (χ0n) is 7.83. The summed E-state index contributed by atoms with van der Waals surface area (Å²) < 4.78 is 0. The number of hydrogen-bond donors (Lipinski definition) is 3. The highest BCUT2D eigenvalue weighted by Crippen LogP contribution is 2.04. The molecule has 3 nitrogen and oxygen atoms in total. The van der Waals surface area contributed by atoms with E-state index in [1.807, 2.05) is 0 Å². The minimum atomic E-state index is -0.0345. The number of hydrogen-bond acceptors (Lipinski definition) is 3. The fraction of sp³-hybridized carbons (Fsp3) is 0.400. The Morgan fingerprint density at radius 3 is 2.54 bits per heavy atom. The molecule has 0 amide bonds. The summed E-state index contributed by atoms with van der Waals surface area (Å²) in [4.78, 5) is 0. The number of hydroxylamine groups is 1. The van der Waals surface area contributed by atoms with Gasteiger partial charge in [-0.05, 0) is 18.9 Å². The molecular weight excluding hydrogens is 164 g/mol. The van der Waals surface area contributed by atoms with Crippen LogP contribution in [0.15, 0.2) is 24.3 Å². The van der Waals surface area contributed by atoms with Gasteiger partial charge < -0.3 is 10.9 Å². The summed E-state index contributed by atoms with van der Waals surface area (Å²) in [6.07, 6.45) is 0.786. The van der Waals surface area contributed by atoms with E-state index >= 15 is 0 Å². The monoisotopic (exact) mass is 180 g/mol. The molecule has 0 saturated heterocycles. The van der Waals surface area contributed by atoms with Gasteiger partial charge >= 0.3 is 0 Å². The molecule has 1 aromatic rings. The number of benzene rings is 1. The molecule has 72 valence electrons. The van der Waals surface area contributed by atoms with Crippen molar-refractivity contribution >= 4 is 0 Å². The Bertz CT molecular complexity index is 246. The van der Waals surface area contributed by atoms with Gasteiger partial charge in [-0.2, -0.15) is 0 Å². The lowest BCUT2D eigenvalue weighted by atomic mass is 10.1. The summed E-state index contributed by atoms with van der Waals surface area (Å²) in [7, 11) is 0. The van der Waals surface area contributed by atoms with Crippen molar-refractivity contribution in [2.24, 2.45) is 5.73 Å². The first-order valence-corrected chi connectivity index (χ1v) is 4.40. The zero-order chi connectivity index (χ0) is 9.68. The van der Waals surface area contributed by atoms with E-state index in [1.54, 1.807) is 0 Å². The van der Waals surface area contributed by atoms with Crippen molar-refractivity contribution in [3.8, 4) is 0 Å². The summed E-state index contributed by atoms with van der Waals surface area (Å²) in [5.41, 5.74) is 10.3. The van der Waals surface area contributed by atoms with Gasteiger partial charge in [0.05, 0.1) is 0 Å². The van der Waals surface area contributed by atoms with Crippen molar-refractivity contribution in [1.29, 1.82) is 0 Å². The average Bonchev–Trinajstić information content (AvgIpc) is 2.09. The van der Waals surface area contributed by atoms with Gasteiger partial charge in [0.25, 0.3) is 0 Å². The third-order valence-corrected chi connectivity index (χ3v) is 1.97. The Hall–Kier alpha value is -0.900. The number of nitrogens with two attached hydrogens (primary N) is 1. The van der Waals surface area contributed by atoms with E-state index < -0.39 is 0 Å². The third-order valence-electron chi connectivity index (χ3n) is 1.97. The largest absolute Gasteiger partial charge is 0.326 e. The highest BCUT2D eigenvalue weighted by molar-refractivity contribution is 5.21. The van der Waals surface area contributed by atoms with Crippen molar-refractivity contribution in [1.82, 2.24) is 5.48 Å². The lowest BCUT2D eigenvalue weighted by Crippen LogP contribution is -2.33. The third kappa shape index (κ3) is 3.55. The zero-order valence-corrected chi connectivity index (χ0v) is 7.83. The first-order valence-electron chi connectivity index (χ1n) is 4.40. The van der Waals surface area contributed by atoms with E-state index in [4.69, 9.17) is 10.9 Å². The number of rotatable bonds is 4. The molecule has 0 spiro atoms. The van der Waals surface area contributed by atoms with Crippen LogP contribution in [0.2, 0.25) is 0 Å². The highest BCUT2D eigenvalue weighted by atomic mass is 16.5. The molecular formula is C10H16N2O. The van der Waals surface area contributed by atoms with Gasteiger partial charge in [0.1, 0.15) is 0 Å². The Morgan fingerprint density at radius 1 is 1.38 bits per heavy atom. The topological polar surface area (TPSA) is 58.3 Å². The normalized spacial score (nSPS) is 12.8. The highest BCUT2D eigenvalue weighted by Gasteiger charge is 2.02. The second-order valence-corrected chi connectivity index (χ2v) is 3.31. The van der Waals surface area contributed by atoms with Crippen LogP contribution in [0.1, 0.15) is 11.1 Å². The Labute approximate surface area is 78.5 Å². The van der Waals surface area contributed by atoms with E-state index in [9.17, 15) is 0 Å². The molecule has 1 rings (SSSR count). The predicted molar refractivity (Wildman–Crippen MR) is 52.6 cm³/mol. The molecule has 0 heterocycles. The maximum atomic E-state index is 8.43. The Kier molecular flexibility index (Phi) is 3.89. The van der Waals surface area contributed by atoms with Gasteiger partial charge in [0, 0.05) is 12.6 Å². The molecule has 1 unspecified atom stereocenters. The second kappa shape index (κ2) is 4.97. The van der Waals surface area contributed by atoms with Crippen molar-refractivity contribution in [3.63, 3.8) is 0 Å². The van der Waals surface area contributed by atoms with Crippen LogP contribution in [0.5, 0.6) is 0 Å². The maximum Gasteiger partial charge on any atom is 0.0362 e. The molecule has 1 aromatic carbocycles. The van der Waals surface area contributed by atoms with Crippen LogP contribution < -0.4 is 11.2 Å². The standard InChI is InChI=1S/C10H16N2O/c1-8-2-4-9(5-3-8)6-10(11)7-12-13/h2-5,10,12-13H,6-7,11H2,1H3. The van der Waals surface area contributed by atoms with Crippen LogP contribution >= 0.6 is 0 Å². The van der Waals surface area contributed by atoms with Crippen molar-refractivity contribution < 1.29 is 5.21 Å².